The van der Waals surface area contributed by atoms with E-state index >= 15 is 0 Å². The van der Waals surface area contributed by atoms with Crippen molar-refractivity contribution < 1.29 is 14.0 Å². The van der Waals surface area contributed by atoms with Crippen LogP contribution in [0.4, 0.5) is 11.6 Å². The average molecular weight is 510 g/mol. The summed E-state index contributed by atoms with van der Waals surface area (Å²) in [6.45, 7) is 6.48. The van der Waals surface area contributed by atoms with Gasteiger partial charge in [0.2, 0.25) is 11.6 Å². The van der Waals surface area contributed by atoms with Gasteiger partial charge >= 0.3 is 5.82 Å². The van der Waals surface area contributed by atoms with Crippen molar-refractivity contribution in [1.82, 2.24) is 20.2 Å². The molecular weight excluding hydrogens is 472 g/mol. The molecule has 1 atom stereocenters. The van der Waals surface area contributed by atoms with Gasteiger partial charge in [-0.3, -0.25) is 14.9 Å². The summed E-state index contributed by atoms with van der Waals surface area (Å²) in [5.74, 6) is 0.835. The van der Waals surface area contributed by atoms with Crippen LogP contribution in [0.2, 0.25) is 0 Å². The lowest BCUT2D eigenvalue weighted by atomic mass is 10.1. The predicted octanol–water partition coefficient (Wildman–Crippen LogP) is 1.77. The van der Waals surface area contributed by atoms with Crippen LogP contribution in [0.3, 0.4) is 0 Å². The molecule has 3 rings (SSSR count). The Morgan fingerprint density at radius 2 is 2.08 bits per heavy atom. The largest absolute Gasteiger partial charge is 0.370 e. The van der Waals surface area contributed by atoms with Crippen molar-refractivity contribution in [3.05, 3.63) is 46.4 Å². The van der Waals surface area contributed by atoms with E-state index in [9.17, 15) is 19.8 Å². The van der Waals surface area contributed by atoms with E-state index in [-0.39, 0.29) is 23.2 Å². The van der Waals surface area contributed by atoms with Crippen molar-refractivity contribution in [2.45, 2.75) is 58.4 Å². The summed E-state index contributed by atoms with van der Waals surface area (Å²) in [5.41, 5.74) is 2.43. The van der Waals surface area contributed by atoms with Crippen molar-refractivity contribution >= 4 is 23.3 Å². The first-order valence-electron chi connectivity index (χ1n) is 12.9. The number of hydrogen-bond acceptors (Lipinski definition) is 8. The number of aromatic amines is 1. The second-order valence-electron chi connectivity index (χ2n) is 9.34. The summed E-state index contributed by atoms with van der Waals surface area (Å²) in [4.78, 5) is 45.6. The maximum Gasteiger partial charge on any atom is 0.354 e. The molecule has 0 radical (unpaired) electrons. The molecule has 1 aliphatic rings. The van der Waals surface area contributed by atoms with Crippen LogP contribution < -0.4 is 20.4 Å². The zero-order valence-corrected chi connectivity index (χ0v) is 21.7. The lowest BCUT2D eigenvalue weighted by Gasteiger charge is -2.24. The predicted molar refractivity (Wildman–Crippen MR) is 141 cm³/mol. The minimum absolute atomic E-state index is 0.0297. The monoisotopic (exact) mass is 509 g/mol. The number of anilines is 2. The fourth-order valence-corrected chi connectivity index (χ4v) is 4.39. The molecule has 3 heterocycles. The number of rotatable bonds is 14. The number of carbonyl (C=O) groups excluding carboxylic acids is 2. The highest BCUT2D eigenvalue weighted by molar-refractivity contribution is 5.84. The number of carbonyl (C=O) groups is 2. The van der Waals surface area contributed by atoms with Gasteiger partial charge in [0.1, 0.15) is 11.9 Å². The number of aromatic nitrogens is 3. The van der Waals surface area contributed by atoms with Gasteiger partial charge in [0.15, 0.2) is 18.0 Å². The fraction of sp³-hybridized carbons (Fsp3) is 0.538. The first-order chi connectivity index (χ1) is 17.9. The van der Waals surface area contributed by atoms with Gasteiger partial charge in [-0.25, -0.2) is 4.98 Å². The van der Waals surface area contributed by atoms with E-state index in [1.807, 2.05) is 6.07 Å². The third-order valence-corrected chi connectivity index (χ3v) is 6.45. The van der Waals surface area contributed by atoms with E-state index in [2.05, 4.69) is 38.0 Å². The van der Waals surface area contributed by atoms with Crippen molar-refractivity contribution in [3.8, 4) is 6.07 Å². The van der Waals surface area contributed by atoms with Crippen LogP contribution in [0, 0.1) is 16.2 Å². The molecule has 0 aromatic carbocycles. The molecule has 4 N–H and O–H groups in total. The lowest BCUT2D eigenvalue weighted by Crippen LogP contribution is -2.39. The number of amides is 1. The number of unbranched alkanes of at least 4 members (excludes halogenated alkanes) is 1. The van der Waals surface area contributed by atoms with Crippen LogP contribution in [0.1, 0.15) is 56.5 Å². The molecule has 198 valence electrons. The standard InChI is InChI=1S/C26H36N8O3/c1-19(35)23(32-26-24(18-27)29-13-17-34(26)37)10-15-33(16-12-28-20(2)36)14-4-3-7-22-9-8-21-6-5-11-30-25(21)31-22/h8-9,13,17,23,32H,3-7,10-12,14-16H2,1-2H3,(H2-,28,29,30,31,36,37)/p+1/t23-/m0/s1. The molecule has 1 amide bonds. The molecule has 0 saturated carbocycles. The fourth-order valence-electron chi connectivity index (χ4n) is 4.39. The average Bonchev–Trinajstić information content (AvgIpc) is 2.88. The molecule has 11 nitrogen and oxygen atoms in total. The summed E-state index contributed by atoms with van der Waals surface area (Å²) >= 11 is 0. The van der Waals surface area contributed by atoms with Gasteiger partial charge in [-0.15, -0.1) is 0 Å². The number of Topliss-reactive ketones (excluding diaryl/α,β-unsaturated/α-hetero) is 1. The maximum absolute atomic E-state index is 12.3. The normalized spacial score (nSPS) is 13.2. The van der Waals surface area contributed by atoms with Crippen LogP contribution in [0.15, 0.2) is 24.5 Å². The summed E-state index contributed by atoms with van der Waals surface area (Å²) < 4.78 is 0.545. The van der Waals surface area contributed by atoms with E-state index in [0.29, 0.717) is 30.5 Å². The first-order valence-corrected chi connectivity index (χ1v) is 12.9. The molecule has 1 aliphatic heterocycles. The molecule has 0 saturated heterocycles. The van der Waals surface area contributed by atoms with Crippen LogP contribution in [0.5, 0.6) is 0 Å². The van der Waals surface area contributed by atoms with E-state index in [0.717, 1.165) is 56.7 Å². The topological polar surface area (TPSA) is 149 Å². The van der Waals surface area contributed by atoms with Crippen LogP contribution >= 0.6 is 0 Å². The van der Waals surface area contributed by atoms with E-state index in [4.69, 9.17) is 4.98 Å². The summed E-state index contributed by atoms with van der Waals surface area (Å²) in [6, 6.07) is 5.60. The highest BCUT2D eigenvalue weighted by Crippen LogP contribution is 2.20. The van der Waals surface area contributed by atoms with Crippen molar-refractivity contribution in [2.75, 3.05) is 43.4 Å². The highest BCUT2D eigenvalue weighted by Gasteiger charge is 2.25. The number of fused-ring (bicyclic) bond motifs is 1. The molecule has 2 aromatic heterocycles. The minimum atomic E-state index is -0.626. The Balaban J connectivity index is 1.55. The Hall–Kier alpha value is -3.78. The second kappa shape index (κ2) is 14.1. The van der Waals surface area contributed by atoms with Gasteiger partial charge in [-0.1, -0.05) is 11.0 Å². The molecular formula is C26H37N8O3+. The molecule has 11 heteroatoms. The third kappa shape index (κ3) is 8.68. The van der Waals surface area contributed by atoms with E-state index < -0.39 is 6.04 Å². The molecule has 2 aromatic rings. The summed E-state index contributed by atoms with van der Waals surface area (Å²) in [5, 5.41) is 18.5. The minimum Gasteiger partial charge on any atom is -0.370 e. The third-order valence-electron chi connectivity index (χ3n) is 6.45. The van der Waals surface area contributed by atoms with Gasteiger partial charge in [-0.2, -0.15) is 5.26 Å². The van der Waals surface area contributed by atoms with Crippen molar-refractivity contribution in [1.29, 1.82) is 5.26 Å². The smallest absolute Gasteiger partial charge is 0.354 e. The SMILES string of the molecule is CC(=O)NCCN(CCCCc1ccc2c(n1)NCCC2)CC[C@H](Nc1c(C#N)[nH]cc[n+]1=O)C(C)=O. The zero-order valence-electron chi connectivity index (χ0n) is 21.7. The summed E-state index contributed by atoms with van der Waals surface area (Å²) in [6.07, 6.45) is 8.08. The number of hydrogen-bond donors (Lipinski definition) is 4. The van der Waals surface area contributed by atoms with Gasteiger partial charge in [0, 0.05) is 55.8 Å². The van der Waals surface area contributed by atoms with Crippen LogP contribution in [0.25, 0.3) is 0 Å². The molecule has 0 spiro atoms. The Kier molecular flexibility index (Phi) is 10.6. The maximum atomic E-state index is 12.3. The Morgan fingerprint density at radius 1 is 1.24 bits per heavy atom. The van der Waals surface area contributed by atoms with Gasteiger partial charge in [-0.05, 0) is 57.2 Å². The number of nitrogens with one attached hydrogen (secondary N) is 4. The number of pyridine rings is 1. The second-order valence-corrected chi connectivity index (χ2v) is 9.34. The number of nitrogens with zero attached hydrogens (tertiary/aromatic N) is 4. The lowest BCUT2D eigenvalue weighted by molar-refractivity contribution is -0.479. The van der Waals surface area contributed by atoms with Crippen molar-refractivity contribution in [3.63, 3.8) is 0 Å². The van der Waals surface area contributed by atoms with Gasteiger partial charge < -0.3 is 20.5 Å². The Labute approximate surface area is 217 Å². The number of H-pyrrole nitrogens is 1. The van der Waals surface area contributed by atoms with Gasteiger partial charge in [0.05, 0.1) is 0 Å². The highest BCUT2D eigenvalue weighted by atomic mass is 16.3. The van der Waals surface area contributed by atoms with Crippen LogP contribution in [-0.4, -0.2) is 65.3 Å². The van der Waals surface area contributed by atoms with Crippen LogP contribution in [-0.2, 0) is 22.4 Å². The zero-order chi connectivity index (χ0) is 26.6. The number of ketones is 1. The molecule has 0 aliphatic carbocycles. The first kappa shape index (κ1) is 27.8. The Bertz CT molecular complexity index is 1170. The quantitative estimate of drug-likeness (QED) is 0.222. The number of aryl methyl sites for hydroxylation is 2. The number of nitriles is 1. The van der Waals surface area contributed by atoms with E-state index in [1.54, 1.807) is 0 Å². The Morgan fingerprint density at radius 3 is 2.84 bits per heavy atom. The molecule has 0 unspecified atom stereocenters. The summed E-state index contributed by atoms with van der Waals surface area (Å²) in [7, 11) is 0. The molecule has 0 fully saturated rings. The molecule has 0 bridgehead atoms. The van der Waals surface area contributed by atoms with E-state index in [1.165, 1.54) is 31.8 Å². The molecule has 37 heavy (non-hydrogen) atoms. The van der Waals surface area contributed by atoms with Gasteiger partial charge in [0.25, 0.3) is 0 Å². The van der Waals surface area contributed by atoms with Crippen molar-refractivity contribution in [2.24, 2.45) is 0 Å².